The van der Waals surface area contributed by atoms with E-state index in [1.54, 1.807) is 0 Å². The molecule has 31 heavy (non-hydrogen) atoms. The summed E-state index contributed by atoms with van der Waals surface area (Å²) >= 11 is 7.87. The van der Waals surface area contributed by atoms with E-state index in [1.807, 2.05) is 12.1 Å². The Morgan fingerprint density at radius 1 is 1.32 bits per heavy atom. The van der Waals surface area contributed by atoms with Gasteiger partial charge < -0.3 is 20.7 Å². The molecule has 0 radical (unpaired) electrons. The van der Waals surface area contributed by atoms with Crippen LogP contribution in [0.15, 0.2) is 35.2 Å². The highest BCUT2D eigenvalue weighted by molar-refractivity contribution is 9.10. The number of aryl methyl sites for hydroxylation is 1. The number of amides is 2. The summed E-state index contributed by atoms with van der Waals surface area (Å²) in [6.07, 6.45) is 4.74. The summed E-state index contributed by atoms with van der Waals surface area (Å²) in [5.74, 6) is -2.00. The Labute approximate surface area is 194 Å². The molecule has 1 aliphatic rings. The molecule has 0 saturated carbocycles. The third-order valence-electron chi connectivity index (χ3n) is 5.59. The molecule has 0 saturated heterocycles. The Kier molecular flexibility index (Phi) is 7.77. The number of carbonyl (C=O) groups excluding carboxylic acids is 2. The summed E-state index contributed by atoms with van der Waals surface area (Å²) in [5.41, 5.74) is 2.94. The summed E-state index contributed by atoms with van der Waals surface area (Å²) in [5, 5.41) is 14.6. The molecule has 1 aliphatic carbocycles. The molecule has 0 bridgehead atoms. The molecule has 1 heterocycles. The number of carboxylic acid groups (broad SMARTS) is 1. The molecule has 1 aromatic carbocycles. The number of hydrogen-bond donors (Lipinski definition) is 5. The van der Waals surface area contributed by atoms with Gasteiger partial charge in [0.25, 0.3) is 0 Å². The molecule has 0 fully saturated rings. The van der Waals surface area contributed by atoms with Crippen molar-refractivity contribution in [2.75, 3.05) is 5.75 Å². The van der Waals surface area contributed by atoms with Crippen LogP contribution in [-0.4, -0.2) is 50.7 Å². The molecular formula is C21H25BrN4O4S. The predicted molar refractivity (Wildman–Crippen MR) is 122 cm³/mol. The lowest BCUT2D eigenvalue weighted by Crippen LogP contribution is -2.52. The minimum absolute atomic E-state index is 0.0306. The zero-order valence-electron chi connectivity index (χ0n) is 17.0. The second-order valence-electron chi connectivity index (χ2n) is 7.69. The topological polar surface area (TPSA) is 124 Å². The number of aromatic amines is 1. The Bertz CT molecular complexity index is 953. The number of nitrogens with zero attached hydrogens (tertiary/aromatic N) is 1. The number of carboxylic acids is 1. The first-order chi connectivity index (χ1) is 14.8. The van der Waals surface area contributed by atoms with Crippen LogP contribution >= 0.6 is 28.6 Å². The Hall–Kier alpha value is -2.33. The maximum Gasteiger partial charge on any atom is 0.326 e. The Morgan fingerprint density at radius 3 is 2.74 bits per heavy atom. The quantitative estimate of drug-likeness (QED) is 0.331. The highest BCUT2D eigenvalue weighted by Crippen LogP contribution is 2.40. The number of benzene rings is 1. The molecule has 1 aromatic heterocycles. The molecule has 10 heteroatoms. The number of H-pyrrole nitrogens is 1. The molecule has 0 spiro atoms. The summed E-state index contributed by atoms with van der Waals surface area (Å²) in [7, 11) is 0. The van der Waals surface area contributed by atoms with Gasteiger partial charge in [-0.1, -0.05) is 22.0 Å². The van der Waals surface area contributed by atoms with Gasteiger partial charge in [-0.15, -0.1) is 0 Å². The average Bonchev–Trinajstić information content (AvgIpc) is 3.37. The van der Waals surface area contributed by atoms with E-state index >= 15 is 0 Å². The van der Waals surface area contributed by atoms with Crippen LogP contribution in [0.25, 0.3) is 0 Å². The van der Waals surface area contributed by atoms with E-state index < -0.39 is 24.0 Å². The van der Waals surface area contributed by atoms with Crippen molar-refractivity contribution in [3.05, 3.63) is 52.0 Å². The van der Waals surface area contributed by atoms with Crippen LogP contribution in [0.4, 0.5) is 0 Å². The number of thiol groups is 1. The number of aromatic nitrogens is 2. The zero-order chi connectivity index (χ0) is 22.5. The largest absolute Gasteiger partial charge is 0.480 e. The first-order valence-electron chi connectivity index (χ1n) is 10.00. The number of aliphatic carboxylic acids is 1. The second kappa shape index (κ2) is 10.3. The highest BCUT2D eigenvalue weighted by atomic mass is 79.9. The van der Waals surface area contributed by atoms with Gasteiger partial charge in [-0.25, -0.2) is 9.78 Å². The number of nitrogens with one attached hydrogen (secondary N) is 3. The van der Waals surface area contributed by atoms with Gasteiger partial charge in [-0.3, -0.25) is 9.59 Å². The van der Waals surface area contributed by atoms with Crippen molar-refractivity contribution in [1.29, 1.82) is 0 Å². The summed E-state index contributed by atoms with van der Waals surface area (Å²) in [6, 6.07) is 4.05. The van der Waals surface area contributed by atoms with E-state index in [4.69, 9.17) is 0 Å². The van der Waals surface area contributed by atoms with E-state index in [0.717, 1.165) is 22.9 Å². The van der Waals surface area contributed by atoms with Gasteiger partial charge in [0.1, 0.15) is 12.1 Å². The predicted octanol–water partition coefficient (Wildman–Crippen LogP) is 2.06. The molecule has 8 nitrogen and oxygen atoms in total. The number of halogens is 1. The van der Waals surface area contributed by atoms with Crippen LogP contribution in [0, 0.1) is 5.92 Å². The first-order valence-corrected chi connectivity index (χ1v) is 11.4. The number of rotatable bonds is 9. The molecule has 4 atom stereocenters. The van der Waals surface area contributed by atoms with Crippen molar-refractivity contribution in [3.8, 4) is 0 Å². The van der Waals surface area contributed by atoms with Crippen LogP contribution < -0.4 is 10.6 Å². The third kappa shape index (κ3) is 5.68. The van der Waals surface area contributed by atoms with Gasteiger partial charge in [0, 0.05) is 28.5 Å². The fourth-order valence-electron chi connectivity index (χ4n) is 3.93. The van der Waals surface area contributed by atoms with Crippen molar-refractivity contribution in [2.45, 2.75) is 44.2 Å². The summed E-state index contributed by atoms with van der Waals surface area (Å²) in [6.45, 7) is 1.54. The number of fused-ring (bicyclic) bond motifs is 1. The Morgan fingerprint density at radius 2 is 2.10 bits per heavy atom. The van der Waals surface area contributed by atoms with Gasteiger partial charge in [-0.2, -0.15) is 12.6 Å². The maximum atomic E-state index is 13.0. The lowest BCUT2D eigenvalue weighted by Gasteiger charge is -2.25. The molecule has 3 rings (SSSR count). The fourth-order valence-corrected chi connectivity index (χ4v) is 4.76. The number of imidazole rings is 1. The van der Waals surface area contributed by atoms with Gasteiger partial charge in [-0.05, 0) is 48.9 Å². The molecule has 0 unspecified atom stereocenters. The van der Waals surface area contributed by atoms with Crippen molar-refractivity contribution >= 4 is 46.3 Å². The standard InChI is InChI=1S/C21H25BrN4O4S/c1-11(19(27)26-18(21(29)30)7-14-8-23-10-24-14)25-20(28)17(9-31)16-4-2-12-6-13(22)3-5-15(12)16/h3,5-6,8,10-11,16-18,31H,2,4,7,9H2,1H3,(H,23,24)(H,25,28)(H,26,27)(H,29,30)/t11-,16-,17-,18-/m0/s1. The van der Waals surface area contributed by atoms with E-state index in [2.05, 4.69) is 55.2 Å². The average molecular weight is 509 g/mol. The first kappa shape index (κ1) is 23.3. The third-order valence-corrected chi connectivity index (χ3v) is 6.48. The number of hydrogen-bond acceptors (Lipinski definition) is 5. The molecule has 166 valence electrons. The van der Waals surface area contributed by atoms with Gasteiger partial charge in [0.15, 0.2) is 0 Å². The molecule has 4 N–H and O–H groups in total. The minimum atomic E-state index is -1.16. The van der Waals surface area contributed by atoms with Crippen LogP contribution in [0.5, 0.6) is 0 Å². The normalized spacial score (nSPS) is 18.0. The monoisotopic (exact) mass is 508 g/mol. The lowest BCUT2D eigenvalue weighted by atomic mass is 9.87. The van der Waals surface area contributed by atoms with Gasteiger partial charge in [0.2, 0.25) is 11.8 Å². The Balaban J connectivity index is 1.62. The van der Waals surface area contributed by atoms with Crippen molar-refractivity contribution in [1.82, 2.24) is 20.6 Å². The van der Waals surface area contributed by atoms with Crippen LogP contribution in [0.3, 0.4) is 0 Å². The zero-order valence-corrected chi connectivity index (χ0v) is 19.4. The van der Waals surface area contributed by atoms with Crippen LogP contribution in [0.1, 0.15) is 36.1 Å². The van der Waals surface area contributed by atoms with Crippen molar-refractivity contribution in [3.63, 3.8) is 0 Å². The van der Waals surface area contributed by atoms with Gasteiger partial charge >= 0.3 is 5.97 Å². The SMILES string of the molecule is C[C@H](NC(=O)[C@@H](CS)[C@H]1CCc2cc(Br)ccc21)C(=O)N[C@@H](Cc1cnc[nH]1)C(=O)O. The van der Waals surface area contributed by atoms with E-state index in [-0.39, 0.29) is 24.2 Å². The smallest absolute Gasteiger partial charge is 0.326 e. The molecular weight excluding hydrogens is 484 g/mol. The highest BCUT2D eigenvalue weighted by Gasteiger charge is 2.35. The minimum Gasteiger partial charge on any atom is -0.480 e. The molecule has 2 aromatic rings. The van der Waals surface area contributed by atoms with E-state index in [1.165, 1.54) is 25.0 Å². The summed E-state index contributed by atoms with van der Waals surface area (Å²) < 4.78 is 1.01. The number of carbonyl (C=O) groups is 3. The van der Waals surface area contributed by atoms with Crippen molar-refractivity contribution < 1.29 is 19.5 Å². The van der Waals surface area contributed by atoms with Crippen LogP contribution in [0.2, 0.25) is 0 Å². The lowest BCUT2D eigenvalue weighted by molar-refractivity contribution is -0.142. The van der Waals surface area contributed by atoms with Crippen LogP contribution in [-0.2, 0) is 27.2 Å². The van der Waals surface area contributed by atoms with E-state index in [0.29, 0.717) is 11.4 Å². The van der Waals surface area contributed by atoms with Gasteiger partial charge in [0.05, 0.1) is 12.2 Å². The molecule has 2 amide bonds. The molecule has 0 aliphatic heterocycles. The second-order valence-corrected chi connectivity index (χ2v) is 8.97. The maximum absolute atomic E-state index is 13.0. The van der Waals surface area contributed by atoms with Crippen molar-refractivity contribution in [2.24, 2.45) is 5.92 Å². The summed E-state index contributed by atoms with van der Waals surface area (Å²) in [4.78, 5) is 43.7. The van der Waals surface area contributed by atoms with E-state index in [9.17, 15) is 19.5 Å². The fraction of sp³-hybridized carbons (Fsp3) is 0.429.